The lowest BCUT2D eigenvalue weighted by molar-refractivity contribution is -0.126. The van der Waals surface area contributed by atoms with Gasteiger partial charge in [-0.15, -0.1) is 0 Å². The fourth-order valence-corrected chi connectivity index (χ4v) is 3.49. The predicted octanol–water partition coefficient (Wildman–Crippen LogP) is -0.0468. The first-order valence-electron chi connectivity index (χ1n) is 6.81. The van der Waals surface area contributed by atoms with Gasteiger partial charge in [0.2, 0.25) is 15.9 Å². The quantitative estimate of drug-likeness (QED) is 0.788. The molecule has 0 saturated carbocycles. The number of carbonyl (C=O) groups excluding carboxylic acids is 1. The topological polar surface area (TPSA) is 75.7 Å². The van der Waals surface area contributed by atoms with E-state index in [9.17, 15) is 13.2 Å². The molecule has 1 atom stereocenters. The normalized spacial score (nSPS) is 26.5. The Bertz CT molecular complexity index is 409. The summed E-state index contributed by atoms with van der Waals surface area (Å²) in [5.74, 6) is -0.0388. The Morgan fingerprint density at radius 1 is 1.32 bits per heavy atom. The lowest BCUT2D eigenvalue weighted by Crippen LogP contribution is -2.43. The first-order chi connectivity index (χ1) is 8.97. The third-order valence-corrected chi connectivity index (χ3v) is 5.12. The second-order valence-electron chi connectivity index (χ2n) is 5.32. The number of carbonyl (C=O) groups is 1. The van der Waals surface area contributed by atoms with Gasteiger partial charge >= 0.3 is 0 Å². The van der Waals surface area contributed by atoms with Crippen molar-refractivity contribution in [1.29, 1.82) is 0 Å². The van der Waals surface area contributed by atoms with Crippen LogP contribution in [0.2, 0.25) is 0 Å². The summed E-state index contributed by atoms with van der Waals surface area (Å²) in [6, 6.07) is 0. The third-order valence-electron chi connectivity index (χ3n) is 3.82. The van der Waals surface area contributed by atoms with Gasteiger partial charge < -0.3 is 10.1 Å². The SMILES string of the molecule is CS(=O)(=O)N1CCC(C(=O)NC[C@H]2CCCO2)CC1. The highest BCUT2D eigenvalue weighted by Gasteiger charge is 2.29. The Balaban J connectivity index is 1.73. The van der Waals surface area contributed by atoms with Crippen LogP contribution in [0.5, 0.6) is 0 Å². The largest absolute Gasteiger partial charge is 0.376 e. The average molecular weight is 290 g/mol. The fourth-order valence-electron chi connectivity index (χ4n) is 2.61. The van der Waals surface area contributed by atoms with Gasteiger partial charge in [-0.25, -0.2) is 12.7 Å². The molecule has 0 aliphatic carbocycles. The van der Waals surface area contributed by atoms with Gasteiger partial charge in [0.05, 0.1) is 12.4 Å². The zero-order valence-electron chi connectivity index (χ0n) is 11.3. The molecule has 2 heterocycles. The molecular formula is C12H22N2O4S. The lowest BCUT2D eigenvalue weighted by atomic mass is 9.97. The first-order valence-corrected chi connectivity index (χ1v) is 8.66. The maximum atomic E-state index is 12.0. The Kier molecular flexibility index (Phi) is 4.81. The molecule has 0 unspecified atom stereocenters. The van der Waals surface area contributed by atoms with E-state index < -0.39 is 10.0 Å². The molecule has 0 radical (unpaired) electrons. The van der Waals surface area contributed by atoms with Crippen molar-refractivity contribution in [2.75, 3.05) is 32.5 Å². The van der Waals surface area contributed by atoms with Crippen LogP contribution in [-0.2, 0) is 19.6 Å². The van der Waals surface area contributed by atoms with Gasteiger partial charge in [0.15, 0.2) is 0 Å². The van der Waals surface area contributed by atoms with Crippen molar-refractivity contribution < 1.29 is 17.9 Å². The van der Waals surface area contributed by atoms with E-state index in [1.807, 2.05) is 0 Å². The van der Waals surface area contributed by atoms with Crippen LogP contribution in [0.3, 0.4) is 0 Å². The molecule has 6 nitrogen and oxygen atoms in total. The maximum absolute atomic E-state index is 12.0. The van der Waals surface area contributed by atoms with Crippen LogP contribution < -0.4 is 5.32 Å². The molecule has 1 N–H and O–H groups in total. The monoisotopic (exact) mass is 290 g/mol. The molecule has 0 bridgehead atoms. The van der Waals surface area contributed by atoms with Crippen molar-refractivity contribution in [3.05, 3.63) is 0 Å². The van der Waals surface area contributed by atoms with E-state index in [1.165, 1.54) is 10.6 Å². The summed E-state index contributed by atoms with van der Waals surface area (Å²) in [5.41, 5.74) is 0. The Hall–Kier alpha value is -0.660. The van der Waals surface area contributed by atoms with Crippen LogP contribution in [0.1, 0.15) is 25.7 Å². The van der Waals surface area contributed by atoms with E-state index in [2.05, 4.69) is 5.32 Å². The van der Waals surface area contributed by atoms with E-state index >= 15 is 0 Å². The zero-order valence-corrected chi connectivity index (χ0v) is 12.1. The number of nitrogens with one attached hydrogen (secondary N) is 1. The van der Waals surface area contributed by atoms with Gasteiger partial charge in [0.25, 0.3) is 0 Å². The minimum Gasteiger partial charge on any atom is -0.376 e. The van der Waals surface area contributed by atoms with Crippen molar-refractivity contribution in [1.82, 2.24) is 9.62 Å². The summed E-state index contributed by atoms with van der Waals surface area (Å²) in [6.07, 6.45) is 4.64. The molecular weight excluding hydrogens is 268 g/mol. The molecule has 2 saturated heterocycles. The number of hydrogen-bond donors (Lipinski definition) is 1. The number of hydrogen-bond acceptors (Lipinski definition) is 4. The summed E-state index contributed by atoms with van der Waals surface area (Å²) in [7, 11) is -3.12. The molecule has 7 heteroatoms. The van der Waals surface area contributed by atoms with Gasteiger partial charge in [-0.3, -0.25) is 4.79 Å². The molecule has 0 aromatic heterocycles. The number of amides is 1. The summed E-state index contributed by atoms with van der Waals surface area (Å²) in [6.45, 7) is 2.24. The number of nitrogens with zero attached hydrogens (tertiary/aromatic N) is 1. The van der Waals surface area contributed by atoms with Gasteiger partial charge in [-0.2, -0.15) is 0 Å². The van der Waals surface area contributed by atoms with Gasteiger partial charge in [-0.05, 0) is 25.7 Å². The zero-order chi connectivity index (χ0) is 13.9. The van der Waals surface area contributed by atoms with E-state index in [1.54, 1.807) is 0 Å². The number of piperidine rings is 1. The third kappa shape index (κ3) is 4.15. The minimum atomic E-state index is -3.12. The molecule has 110 valence electrons. The van der Waals surface area contributed by atoms with Crippen molar-refractivity contribution in [3.63, 3.8) is 0 Å². The minimum absolute atomic E-state index is 0.0312. The van der Waals surface area contributed by atoms with Gasteiger partial charge in [0.1, 0.15) is 0 Å². The highest BCUT2D eigenvalue weighted by Crippen LogP contribution is 2.19. The Morgan fingerprint density at radius 3 is 2.53 bits per heavy atom. The average Bonchev–Trinajstić information content (AvgIpc) is 2.88. The highest BCUT2D eigenvalue weighted by molar-refractivity contribution is 7.88. The molecule has 0 aromatic rings. The van der Waals surface area contributed by atoms with Crippen LogP contribution >= 0.6 is 0 Å². The summed E-state index contributed by atoms with van der Waals surface area (Å²) >= 11 is 0. The van der Waals surface area contributed by atoms with Crippen LogP contribution in [0.15, 0.2) is 0 Å². The van der Waals surface area contributed by atoms with Crippen LogP contribution in [0.25, 0.3) is 0 Å². The Labute approximate surface area is 114 Å². The molecule has 2 aliphatic heterocycles. The highest BCUT2D eigenvalue weighted by atomic mass is 32.2. The van der Waals surface area contributed by atoms with Crippen LogP contribution in [0, 0.1) is 5.92 Å². The lowest BCUT2D eigenvalue weighted by Gasteiger charge is -2.29. The maximum Gasteiger partial charge on any atom is 0.223 e. The number of rotatable bonds is 4. The van der Waals surface area contributed by atoms with E-state index in [0.717, 1.165) is 19.4 Å². The van der Waals surface area contributed by atoms with E-state index in [4.69, 9.17) is 4.74 Å². The molecule has 19 heavy (non-hydrogen) atoms. The summed E-state index contributed by atoms with van der Waals surface area (Å²) in [5, 5.41) is 2.92. The van der Waals surface area contributed by atoms with Crippen molar-refractivity contribution in [2.24, 2.45) is 5.92 Å². The molecule has 2 fully saturated rings. The van der Waals surface area contributed by atoms with E-state index in [-0.39, 0.29) is 17.9 Å². The second-order valence-corrected chi connectivity index (χ2v) is 7.30. The summed E-state index contributed by atoms with van der Waals surface area (Å²) in [4.78, 5) is 12.0. The predicted molar refractivity (Wildman–Crippen MR) is 71.1 cm³/mol. The number of sulfonamides is 1. The fraction of sp³-hybridized carbons (Fsp3) is 0.917. The molecule has 0 spiro atoms. The smallest absolute Gasteiger partial charge is 0.223 e. The van der Waals surface area contributed by atoms with Crippen molar-refractivity contribution in [2.45, 2.75) is 31.8 Å². The molecule has 1 amide bonds. The number of ether oxygens (including phenoxy) is 1. The molecule has 0 aromatic carbocycles. The van der Waals surface area contributed by atoms with E-state index in [0.29, 0.717) is 32.5 Å². The molecule has 2 rings (SSSR count). The van der Waals surface area contributed by atoms with Gasteiger partial charge in [-0.1, -0.05) is 0 Å². The van der Waals surface area contributed by atoms with Crippen molar-refractivity contribution >= 4 is 15.9 Å². The first kappa shape index (κ1) is 14.7. The Morgan fingerprint density at radius 2 is 2.00 bits per heavy atom. The van der Waals surface area contributed by atoms with Crippen molar-refractivity contribution in [3.8, 4) is 0 Å². The second kappa shape index (κ2) is 6.19. The van der Waals surface area contributed by atoms with Crippen LogP contribution in [-0.4, -0.2) is 57.2 Å². The molecule has 2 aliphatic rings. The summed E-state index contributed by atoms with van der Waals surface area (Å²) < 4.78 is 29.6. The van der Waals surface area contributed by atoms with Gasteiger partial charge in [0, 0.05) is 32.2 Å². The standard InChI is InChI=1S/C12H22N2O4S/c1-19(16,17)14-6-4-10(5-7-14)12(15)13-9-11-3-2-8-18-11/h10-11H,2-9H2,1H3,(H,13,15)/t11-/m1/s1. The van der Waals surface area contributed by atoms with Crippen LogP contribution in [0.4, 0.5) is 0 Å².